The van der Waals surface area contributed by atoms with E-state index in [1.165, 1.54) is 0 Å². The van der Waals surface area contributed by atoms with Crippen LogP contribution >= 0.6 is 25.6 Å². The van der Waals surface area contributed by atoms with E-state index in [0.717, 1.165) is 0 Å². The number of nitrogens with zero attached hydrogens (tertiary/aromatic N) is 1. The van der Waals surface area contributed by atoms with Crippen molar-refractivity contribution in [1.29, 1.82) is 0 Å². The van der Waals surface area contributed by atoms with Crippen molar-refractivity contribution in [1.82, 2.24) is 3.71 Å². The van der Waals surface area contributed by atoms with E-state index >= 15 is 0 Å². The Hall–Kier alpha value is 0.578. The Morgan fingerprint density at radius 1 is 1.33 bits per heavy atom. The Labute approximate surface area is 77.4 Å². The number of carboxylic acid groups (broad SMARTS) is 1. The van der Waals surface area contributed by atoms with Crippen molar-refractivity contribution in [3.8, 4) is 0 Å². The van der Waals surface area contributed by atoms with Gasteiger partial charge in [-0.2, -0.15) is 3.71 Å². The summed E-state index contributed by atoms with van der Waals surface area (Å²) in [4.78, 5) is 9.47. The molecule has 0 radical (unpaired) electrons. The number of thiol groups is 2. The largest absolute Gasteiger partial charge is 0.464 e. The summed E-state index contributed by atoms with van der Waals surface area (Å²) in [6.45, 7) is 0. The SMILES string of the molecule is O.O.O=C(O)N(S)S.[Mo]. The van der Waals surface area contributed by atoms with E-state index in [-0.39, 0.29) is 32.0 Å². The van der Waals surface area contributed by atoms with Gasteiger partial charge < -0.3 is 16.1 Å². The Kier molecular flexibility index (Phi) is 28.7. The average Bonchev–Trinajstić information content (AvgIpc) is 1.36. The molecule has 0 saturated heterocycles. The van der Waals surface area contributed by atoms with Crippen LogP contribution < -0.4 is 0 Å². The number of rotatable bonds is 0. The summed E-state index contributed by atoms with van der Waals surface area (Å²) >= 11 is 6.58. The Morgan fingerprint density at radius 3 is 1.44 bits per heavy atom. The molecule has 0 unspecified atom stereocenters. The van der Waals surface area contributed by atoms with Crippen LogP contribution in [0.15, 0.2) is 0 Å². The van der Waals surface area contributed by atoms with E-state index in [1.54, 1.807) is 0 Å². The molecular formula is CH7MoNO4S2. The van der Waals surface area contributed by atoms with E-state index in [9.17, 15) is 4.79 Å². The molecule has 0 aromatic rings. The molecule has 0 fully saturated rings. The smallest absolute Gasteiger partial charge is 0.427 e. The van der Waals surface area contributed by atoms with Crippen molar-refractivity contribution in [2.75, 3.05) is 0 Å². The predicted octanol–water partition coefficient (Wildman–Crippen LogP) is -0.996. The fourth-order valence-electron chi connectivity index (χ4n) is 0. The first kappa shape index (κ1) is 22.7. The zero-order valence-corrected chi connectivity index (χ0v) is 7.90. The summed E-state index contributed by atoms with van der Waals surface area (Å²) in [6, 6.07) is 0. The van der Waals surface area contributed by atoms with Crippen LogP contribution in [-0.2, 0) is 21.1 Å². The second kappa shape index (κ2) is 11.4. The summed E-state index contributed by atoms with van der Waals surface area (Å²) in [7, 11) is 0. The molecule has 0 aromatic heterocycles. The van der Waals surface area contributed by atoms with Crippen molar-refractivity contribution in [2.24, 2.45) is 0 Å². The summed E-state index contributed by atoms with van der Waals surface area (Å²) in [5.41, 5.74) is 0. The molecule has 0 aliphatic rings. The molecule has 0 aliphatic carbocycles. The molecule has 5 N–H and O–H groups in total. The summed E-state index contributed by atoms with van der Waals surface area (Å²) in [5.74, 6) is 0. The predicted molar refractivity (Wildman–Crippen MR) is 35.1 cm³/mol. The van der Waals surface area contributed by atoms with Crippen LogP contribution in [-0.4, -0.2) is 25.9 Å². The third kappa shape index (κ3) is 17.7. The minimum absolute atomic E-state index is 0. The minimum Gasteiger partial charge on any atom is -0.464 e. The quantitative estimate of drug-likeness (QED) is 0.383. The molecule has 58 valence electrons. The zero-order valence-electron chi connectivity index (χ0n) is 4.11. The van der Waals surface area contributed by atoms with Gasteiger partial charge in [-0.05, 0) is 25.6 Å². The third-order valence-electron chi connectivity index (χ3n) is 0.171. The van der Waals surface area contributed by atoms with Crippen molar-refractivity contribution in [3.05, 3.63) is 0 Å². The number of carbonyl (C=O) groups is 1. The van der Waals surface area contributed by atoms with E-state index < -0.39 is 6.09 Å². The maximum absolute atomic E-state index is 9.47. The topological polar surface area (TPSA) is 104 Å². The van der Waals surface area contributed by atoms with Gasteiger partial charge in [0, 0.05) is 21.1 Å². The van der Waals surface area contributed by atoms with Gasteiger partial charge in [-0.25, -0.2) is 4.79 Å². The molecule has 0 rings (SSSR count). The zero-order chi connectivity index (χ0) is 5.15. The van der Waals surface area contributed by atoms with Gasteiger partial charge in [-0.15, -0.1) is 0 Å². The van der Waals surface area contributed by atoms with Gasteiger partial charge in [-0.1, -0.05) is 0 Å². The van der Waals surface area contributed by atoms with Crippen molar-refractivity contribution >= 4 is 31.7 Å². The van der Waals surface area contributed by atoms with Crippen LogP contribution in [0.5, 0.6) is 0 Å². The molecule has 0 heterocycles. The summed E-state index contributed by atoms with van der Waals surface area (Å²) in [6.07, 6.45) is -1.18. The van der Waals surface area contributed by atoms with Gasteiger partial charge in [0.2, 0.25) is 0 Å². The molecule has 0 spiro atoms. The maximum Gasteiger partial charge on any atom is 0.427 e. The normalized spacial score (nSPS) is 5.11. The first-order valence-electron chi connectivity index (χ1n) is 1.05. The molecule has 0 bridgehead atoms. The van der Waals surface area contributed by atoms with E-state index in [4.69, 9.17) is 5.11 Å². The van der Waals surface area contributed by atoms with Crippen LogP contribution in [0.4, 0.5) is 4.79 Å². The van der Waals surface area contributed by atoms with E-state index in [2.05, 4.69) is 25.6 Å². The Bertz CT molecular complexity index is 69.6. The van der Waals surface area contributed by atoms with Gasteiger partial charge in [0.1, 0.15) is 0 Å². The number of hydrogen-bond acceptors (Lipinski definition) is 3. The van der Waals surface area contributed by atoms with E-state index in [1.807, 2.05) is 0 Å². The van der Waals surface area contributed by atoms with Gasteiger partial charge >= 0.3 is 6.09 Å². The molecule has 0 atom stereocenters. The monoisotopic (exact) mass is 259 g/mol. The van der Waals surface area contributed by atoms with Crippen LogP contribution in [0.2, 0.25) is 0 Å². The molecule has 1 amide bonds. The summed E-state index contributed by atoms with van der Waals surface area (Å²) < 4.78 is 0.472. The molecule has 0 aliphatic heterocycles. The average molecular weight is 257 g/mol. The standard InChI is InChI=1S/CH3NO2S2.Mo.2H2O/c3-1(4)2(5)6;;;/h5-6H,(H,3,4);;2*1H2. The van der Waals surface area contributed by atoms with Crippen molar-refractivity contribution < 1.29 is 41.9 Å². The van der Waals surface area contributed by atoms with Crippen LogP contribution in [0, 0.1) is 0 Å². The second-order valence-corrected chi connectivity index (χ2v) is 1.69. The summed E-state index contributed by atoms with van der Waals surface area (Å²) in [5, 5.41) is 7.76. The third-order valence-corrected chi connectivity index (χ3v) is 0.513. The van der Waals surface area contributed by atoms with Crippen LogP contribution in [0.3, 0.4) is 0 Å². The van der Waals surface area contributed by atoms with Crippen LogP contribution in [0.1, 0.15) is 0 Å². The first-order chi connectivity index (χ1) is 2.64. The van der Waals surface area contributed by atoms with Crippen LogP contribution in [0.25, 0.3) is 0 Å². The van der Waals surface area contributed by atoms with Crippen molar-refractivity contribution in [2.45, 2.75) is 0 Å². The second-order valence-electron chi connectivity index (χ2n) is 0.572. The van der Waals surface area contributed by atoms with Gasteiger partial charge in [0.15, 0.2) is 0 Å². The molecule has 5 nitrogen and oxygen atoms in total. The van der Waals surface area contributed by atoms with Gasteiger partial charge in [0.25, 0.3) is 0 Å². The molecule has 0 saturated carbocycles. The number of hydrogen-bond donors (Lipinski definition) is 3. The van der Waals surface area contributed by atoms with Crippen molar-refractivity contribution in [3.63, 3.8) is 0 Å². The molecule has 8 heteroatoms. The molecular weight excluding hydrogens is 250 g/mol. The number of amides is 1. The fourth-order valence-corrected chi connectivity index (χ4v) is 0. The minimum atomic E-state index is -1.18. The first-order valence-corrected chi connectivity index (χ1v) is 1.85. The fraction of sp³-hybridized carbons (Fsp3) is 0. The molecule has 0 aromatic carbocycles. The molecule has 9 heavy (non-hydrogen) atoms. The van der Waals surface area contributed by atoms with Gasteiger partial charge in [-0.3, -0.25) is 0 Å². The van der Waals surface area contributed by atoms with Gasteiger partial charge in [0.05, 0.1) is 0 Å². The Morgan fingerprint density at radius 2 is 1.44 bits per heavy atom. The van der Waals surface area contributed by atoms with E-state index in [0.29, 0.717) is 3.71 Å². The maximum atomic E-state index is 9.47. The Balaban J connectivity index is -0.0000000417.